The van der Waals surface area contributed by atoms with E-state index in [1.54, 1.807) is 0 Å². The molecule has 0 aromatic heterocycles. The molecule has 1 heteroatoms. The molecule has 1 nitrogen and oxygen atoms in total. The van der Waals surface area contributed by atoms with Gasteiger partial charge in [0.15, 0.2) is 0 Å². The molecule has 0 aromatic carbocycles. The molecule has 1 radical (unpaired) electrons. The van der Waals surface area contributed by atoms with Crippen LogP contribution in [0.25, 0.3) is 0 Å². The lowest BCUT2D eigenvalue weighted by molar-refractivity contribution is 0.239. The van der Waals surface area contributed by atoms with E-state index < -0.39 is 0 Å². The molecule has 1 saturated heterocycles. The maximum absolute atomic E-state index is 4.56. The van der Waals surface area contributed by atoms with Crippen LogP contribution in [0, 0.1) is 11.8 Å². The van der Waals surface area contributed by atoms with Crippen LogP contribution in [0.5, 0.6) is 0 Å². The molecule has 0 aromatic rings. The fourth-order valence-electron chi connectivity index (χ4n) is 2.98. The number of rotatable bonds is 1. The van der Waals surface area contributed by atoms with Crippen molar-refractivity contribution in [2.45, 2.75) is 51.4 Å². The molecule has 1 atom stereocenters. The molecule has 0 bridgehead atoms. The molecule has 1 saturated carbocycles. The summed E-state index contributed by atoms with van der Waals surface area (Å²) < 4.78 is 0. The number of nitrogens with zero attached hydrogens (tertiary/aromatic N) is 1. The van der Waals surface area contributed by atoms with E-state index >= 15 is 0 Å². The second kappa shape index (κ2) is 4.99. The van der Waals surface area contributed by atoms with Crippen molar-refractivity contribution < 1.29 is 0 Å². The van der Waals surface area contributed by atoms with Gasteiger partial charge in [-0.05, 0) is 24.7 Å². The van der Waals surface area contributed by atoms with E-state index in [0.717, 1.165) is 18.4 Å². The quantitative estimate of drug-likeness (QED) is 0.551. The first-order valence-electron chi connectivity index (χ1n) is 6.10. The van der Waals surface area contributed by atoms with E-state index in [-0.39, 0.29) is 0 Å². The van der Waals surface area contributed by atoms with Crippen LogP contribution >= 0.6 is 0 Å². The predicted octanol–water partition coefficient (Wildman–Crippen LogP) is 2.97. The normalized spacial score (nSPS) is 32.8. The maximum Gasteiger partial charge on any atom is 0.0164 e. The summed E-state index contributed by atoms with van der Waals surface area (Å²) in [6, 6.07) is 0. The highest BCUT2D eigenvalue weighted by molar-refractivity contribution is 4.77. The van der Waals surface area contributed by atoms with E-state index in [0.29, 0.717) is 0 Å². The largest absolute Gasteiger partial charge is 0.241 e. The van der Waals surface area contributed by atoms with E-state index in [9.17, 15) is 0 Å². The number of hydrogen-bond donors (Lipinski definition) is 0. The first-order valence-corrected chi connectivity index (χ1v) is 6.10. The Balaban J connectivity index is 1.82. The van der Waals surface area contributed by atoms with Gasteiger partial charge in [0.2, 0.25) is 0 Å². The molecule has 1 aliphatic heterocycles. The van der Waals surface area contributed by atoms with Crippen molar-refractivity contribution in [1.29, 1.82) is 0 Å². The summed E-state index contributed by atoms with van der Waals surface area (Å²) in [5.41, 5.74) is 0. The van der Waals surface area contributed by atoms with Gasteiger partial charge in [-0.3, -0.25) is 0 Å². The van der Waals surface area contributed by atoms with Gasteiger partial charge in [-0.15, -0.1) is 0 Å². The molecule has 0 spiro atoms. The van der Waals surface area contributed by atoms with Crippen LogP contribution in [0.2, 0.25) is 0 Å². The fourth-order valence-corrected chi connectivity index (χ4v) is 2.98. The van der Waals surface area contributed by atoms with Gasteiger partial charge in [-0.2, -0.15) is 0 Å². The topological polar surface area (TPSA) is 14.1 Å². The first-order chi connectivity index (χ1) is 6.47. The lowest BCUT2D eigenvalue weighted by Gasteiger charge is -2.29. The minimum absolute atomic E-state index is 0.965. The van der Waals surface area contributed by atoms with Crippen molar-refractivity contribution in [3.8, 4) is 0 Å². The van der Waals surface area contributed by atoms with Crippen LogP contribution in [0.15, 0.2) is 0 Å². The van der Waals surface area contributed by atoms with Crippen molar-refractivity contribution in [2.75, 3.05) is 13.1 Å². The Morgan fingerprint density at radius 2 is 1.38 bits per heavy atom. The van der Waals surface area contributed by atoms with E-state index in [4.69, 9.17) is 0 Å². The Kier molecular flexibility index (Phi) is 3.65. The molecular formula is C12H22N. The molecule has 75 valence electrons. The first kappa shape index (κ1) is 9.51. The smallest absolute Gasteiger partial charge is 0.0164 e. The minimum Gasteiger partial charge on any atom is -0.241 e. The average molecular weight is 180 g/mol. The van der Waals surface area contributed by atoms with Crippen LogP contribution in [0.1, 0.15) is 51.4 Å². The predicted molar refractivity (Wildman–Crippen MR) is 55.8 cm³/mol. The summed E-state index contributed by atoms with van der Waals surface area (Å²) in [6.07, 6.45) is 11.8. The van der Waals surface area contributed by atoms with Gasteiger partial charge >= 0.3 is 0 Å². The summed E-state index contributed by atoms with van der Waals surface area (Å²) in [5.74, 6) is 2.00. The van der Waals surface area contributed by atoms with Crippen molar-refractivity contribution in [2.24, 2.45) is 11.8 Å². The highest BCUT2D eigenvalue weighted by Gasteiger charge is 2.24. The minimum atomic E-state index is 0.965. The Morgan fingerprint density at radius 3 is 2.00 bits per heavy atom. The molecule has 2 fully saturated rings. The Morgan fingerprint density at radius 1 is 0.692 bits per heavy atom. The summed E-state index contributed by atoms with van der Waals surface area (Å²) in [7, 11) is 0. The third-order valence-electron chi connectivity index (χ3n) is 3.82. The molecule has 1 unspecified atom stereocenters. The van der Waals surface area contributed by atoms with Crippen LogP contribution < -0.4 is 5.32 Å². The van der Waals surface area contributed by atoms with Crippen molar-refractivity contribution >= 4 is 0 Å². The second-order valence-electron chi connectivity index (χ2n) is 4.78. The fraction of sp³-hybridized carbons (Fsp3) is 1.00. The second-order valence-corrected chi connectivity index (χ2v) is 4.78. The van der Waals surface area contributed by atoms with E-state index in [2.05, 4.69) is 5.32 Å². The van der Waals surface area contributed by atoms with Crippen molar-refractivity contribution in [3.63, 3.8) is 0 Å². The lowest BCUT2D eigenvalue weighted by Crippen LogP contribution is -2.29. The van der Waals surface area contributed by atoms with E-state index in [1.165, 1.54) is 57.9 Å². The average Bonchev–Trinajstić information content (AvgIpc) is 2.47. The molecule has 13 heavy (non-hydrogen) atoms. The maximum atomic E-state index is 4.56. The number of piperidine rings is 1. The Hall–Kier alpha value is -0.0400. The van der Waals surface area contributed by atoms with Gasteiger partial charge in [0, 0.05) is 13.1 Å². The van der Waals surface area contributed by atoms with Gasteiger partial charge in [0.25, 0.3) is 0 Å². The van der Waals surface area contributed by atoms with Crippen LogP contribution in [-0.4, -0.2) is 13.1 Å². The molecule has 0 amide bonds. The van der Waals surface area contributed by atoms with Crippen LogP contribution in [-0.2, 0) is 0 Å². The third kappa shape index (κ3) is 2.70. The van der Waals surface area contributed by atoms with Crippen LogP contribution in [0.4, 0.5) is 0 Å². The lowest BCUT2D eigenvalue weighted by atomic mass is 9.82. The zero-order valence-corrected chi connectivity index (χ0v) is 8.67. The molecule has 1 heterocycles. The standard InChI is InChI=1S/C12H22N/c1-2-4-7-11(6-3-1)12-8-5-9-13-10-12/h11-12H,1-10H2. The SMILES string of the molecule is C1CCCC(C2CCC[N]C2)CC1. The molecular weight excluding hydrogens is 158 g/mol. The van der Waals surface area contributed by atoms with Crippen molar-refractivity contribution in [3.05, 3.63) is 0 Å². The van der Waals surface area contributed by atoms with Crippen molar-refractivity contribution in [1.82, 2.24) is 5.32 Å². The summed E-state index contributed by atoms with van der Waals surface area (Å²) in [5, 5.41) is 4.56. The summed E-state index contributed by atoms with van der Waals surface area (Å²) >= 11 is 0. The Labute approximate surface area is 82.3 Å². The third-order valence-corrected chi connectivity index (χ3v) is 3.82. The van der Waals surface area contributed by atoms with Gasteiger partial charge in [0.1, 0.15) is 0 Å². The monoisotopic (exact) mass is 180 g/mol. The molecule has 2 aliphatic rings. The molecule has 1 aliphatic carbocycles. The van der Waals surface area contributed by atoms with Crippen LogP contribution in [0.3, 0.4) is 0 Å². The molecule has 0 N–H and O–H groups in total. The van der Waals surface area contributed by atoms with E-state index in [1.807, 2.05) is 0 Å². The molecule has 2 rings (SSSR count). The number of hydrogen-bond acceptors (Lipinski definition) is 0. The zero-order chi connectivity index (χ0) is 8.93. The zero-order valence-electron chi connectivity index (χ0n) is 8.67. The van der Waals surface area contributed by atoms with Gasteiger partial charge in [0.05, 0.1) is 0 Å². The summed E-state index contributed by atoms with van der Waals surface area (Å²) in [4.78, 5) is 0. The van der Waals surface area contributed by atoms with Gasteiger partial charge in [-0.25, -0.2) is 5.32 Å². The van der Waals surface area contributed by atoms with Gasteiger partial charge in [-0.1, -0.05) is 38.5 Å². The highest BCUT2D eigenvalue weighted by Crippen LogP contribution is 2.32. The summed E-state index contributed by atoms with van der Waals surface area (Å²) in [6.45, 7) is 2.33. The van der Waals surface area contributed by atoms with Gasteiger partial charge < -0.3 is 0 Å². The highest BCUT2D eigenvalue weighted by atomic mass is 14.9. The Bertz CT molecular complexity index is 130.